The Hall–Kier alpha value is -2.55. The zero-order valence-corrected chi connectivity index (χ0v) is 11.5. The molecule has 0 bridgehead atoms. The van der Waals surface area contributed by atoms with Crippen molar-refractivity contribution in [3.05, 3.63) is 59.7 Å². The summed E-state index contributed by atoms with van der Waals surface area (Å²) in [4.78, 5) is 11.1. The van der Waals surface area contributed by atoms with Gasteiger partial charge in [-0.3, -0.25) is 4.79 Å². The SMILES string of the molecule is COc1cccc(C=Cc2ccccc2OC(C)=O)c1. The molecule has 2 aromatic rings. The van der Waals surface area contributed by atoms with Gasteiger partial charge in [0.25, 0.3) is 0 Å². The predicted octanol–water partition coefficient (Wildman–Crippen LogP) is 3.79. The van der Waals surface area contributed by atoms with Crippen molar-refractivity contribution in [2.75, 3.05) is 7.11 Å². The highest BCUT2D eigenvalue weighted by Crippen LogP contribution is 2.21. The first-order chi connectivity index (χ1) is 9.69. The molecular weight excluding hydrogens is 252 g/mol. The molecule has 3 heteroatoms. The van der Waals surface area contributed by atoms with Crippen LogP contribution in [-0.4, -0.2) is 13.1 Å². The normalized spacial score (nSPS) is 10.5. The molecule has 20 heavy (non-hydrogen) atoms. The molecule has 0 aliphatic heterocycles. The van der Waals surface area contributed by atoms with Crippen molar-refractivity contribution in [3.63, 3.8) is 0 Å². The number of esters is 1. The summed E-state index contributed by atoms with van der Waals surface area (Å²) in [5.74, 6) is 1.03. The monoisotopic (exact) mass is 268 g/mol. The Kier molecular flexibility index (Phi) is 4.56. The van der Waals surface area contributed by atoms with E-state index in [1.165, 1.54) is 6.92 Å². The van der Waals surface area contributed by atoms with Crippen molar-refractivity contribution in [2.45, 2.75) is 6.92 Å². The van der Waals surface area contributed by atoms with E-state index in [9.17, 15) is 4.79 Å². The number of para-hydroxylation sites is 1. The molecule has 0 saturated heterocycles. The molecule has 0 heterocycles. The fourth-order valence-corrected chi connectivity index (χ4v) is 1.80. The minimum absolute atomic E-state index is 0.327. The van der Waals surface area contributed by atoms with E-state index in [-0.39, 0.29) is 5.97 Å². The third-order valence-electron chi connectivity index (χ3n) is 2.72. The van der Waals surface area contributed by atoms with E-state index in [0.717, 1.165) is 16.9 Å². The van der Waals surface area contributed by atoms with Crippen LogP contribution in [-0.2, 0) is 4.79 Å². The third-order valence-corrected chi connectivity index (χ3v) is 2.72. The standard InChI is InChI=1S/C17H16O3/c1-13(18)20-17-9-4-3-7-15(17)11-10-14-6-5-8-16(12-14)19-2/h3-12H,1-2H3. The highest BCUT2D eigenvalue weighted by molar-refractivity contribution is 5.76. The second-order valence-corrected chi connectivity index (χ2v) is 4.24. The molecule has 0 aliphatic rings. The van der Waals surface area contributed by atoms with Gasteiger partial charge in [0, 0.05) is 12.5 Å². The van der Waals surface area contributed by atoms with Crippen molar-refractivity contribution in [3.8, 4) is 11.5 Å². The molecule has 0 saturated carbocycles. The number of benzene rings is 2. The van der Waals surface area contributed by atoms with Crippen LogP contribution in [0.15, 0.2) is 48.5 Å². The minimum atomic E-state index is -0.327. The average molecular weight is 268 g/mol. The molecule has 102 valence electrons. The quantitative estimate of drug-likeness (QED) is 0.481. The highest BCUT2D eigenvalue weighted by Gasteiger charge is 2.02. The van der Waals surface area contributed by atoms with Gasteiger partial charge < -0.3 is 9.47 Å². The van der Waals surface area contributed by atoms with E-state index in [4.69, 9.17) is 9.47 Å². The van der Waals surface area contributed by atoms with Crippen molar-refractivity contribution < 1.29 is 14.3 Å². The number of methoxy groups -OCH3 is 1. The maximum absolute atomic E-state index is 11.1. The molecule has 2 aromatic carbocycles. The molecule has 0 spiro atoms. The summed E-state index contributed by atoms with van der Waals surface area (Å²) in [6, 6.07) is 15.1. The van der Waals surface area contributed by atoms with Crippen LogP contribution in [0, 0.1) is 0 Å². The Labute approximate surface area is 118 Å². The van der Waals surface area contributed by atoms with Crippen molar-refractivity contribution in [1.82, 2.24) is 0 Å². The molecule has 0 aliphatic carbocycles. The average Bonchev–Trinajstić information content (AvgIpc) is 2.46. The first-order valence-electron chi connectivity index (χ1n) is 6.28. The number of carbonyl (C=O) groups excluding carboxylic acids is 1. The Morgan fingerprint density at radius 1 is 1.05 bits per heavy atom. The number of ether oxygens (including phenoxy) is 2. The Morgan fingerprint density at radius 3 is 2.60 bits per heavy atom. The van der Waals surface area contributed by atoms with Crippen LogP contribution in [0.2, 0.25) is 0 Å². The molecule has 0 radical (unpaired) electrons. The molecule has 3 nitrogen and oxygen atoms in total. The number of hydrogen-bond acceptors (Lipinski definition) is 3. The van der Waals surface area contributed by atoms with E-state index in [1.807, 2.05) is 54.6 Å². The minimum Gasteiger partial charge on any atom is -0.497 e. The van der Waals surface area contributed by atoms with E-state index in [0.29, 0.717) is 5.75 Å². The Bertz CT molecular complexity index is 630. The van der Waals surface area contributed by atoms with Gasteiger partial charge in [-0.25, -0.2) is 0 Å². The highest BCUT2D eigenvalue weighted by atomic mass is 16.5. The van der Waals surface area contributed by atoms with Gasteiger partial charge in [0.15, 0.2) is 0 Å². The number of hydrogen-bond donors (Lipinski definition) is 0. The summed E-state index contributed by atoms with van der Waals surface area (Å²) in [6.07, 6.45) is 3.86. The largest absolute Gasteiger partial charge is 0.497 e. The van der Waals surface area contributed by atoms with Gasteiger partial charge in [0.2, 0.25) is 0 Å². The van der Waals surface area contributed by atoms with Gasteiger partial charge in [-0.2, -0.15) is 0 Å². The zero-order valence-electron chi connectivity index (χ0n) is 11.5. The lowest BCUT2D eigenvalue weighted by molar-refractivity contribution is -0.131. The van der Waals surface area contributed by atoms with Crippen LogP contribution in [0.5, 0.6) is 11.5 Å². The van der Waals surface area contributed by atoms with E-state index in [1.54, 1.807) is 13.2 Å². The number of carbonyl (C=O) groups is 1. The first-order valence-corrected chi connectivity index (χ1v) is 6.28. The van der Waals surface area contributed by atoms with Gasteiger partial charge in [-0.1, -0.05) is 42.5 Å². The fourth-order valence-electron chi connectivity index (χ4n) is 1.80. The lowest BCUT2D eigenvalue weighted by atomic mass is 10.1. The maximum atomic E-state index is 11.1. The molecule has 0 fully saturated rings. The summed E-state index contributed by atoms with van der Waals surface area (Å²) in [5, 5.41) is 0. The lowest BCUT2D eigenvalue weighted by Crippen LogP contribution is -2.02. The van der Waals surface area contributed by atoms with Crippen LogP contribution in [0.1, 0.15) is 18.1 Å². The topological polar surface area (TPSA) is 35.5 Å². The van der Waals surface area contributed by atoms with E-state index in [2.05, 4.69) is 0 Å². The van der Waals surface area contributed by atoms with Gasteiger partial charge in [-0.15, -0.1) is 0 Å². The third kappa shape index (κ3) is 3.72. The van der Waals surface area contributed by atoms with Crippen LogP contribution in [0.25, 0.3) is 12.2 Å². The molecule has 0 unspecified atom stereocenters. The number of rotatable bonds is 4. The van der Waals surface area contributed by atoms with Crippen molar-refractivity contribution in [1.29, 1.82) is 0 Å². The van der Waals surface area contributed by atoms with Crippen molar-refractivity contribution in [2.24, 2.45) is 0 Å². The molecule has 0 atom stereocenters. The summed E-state index contributed by atoms with van der Waals surface area (Å²) in [6.45, 7) is 1.39. The summed E-state index contributed by atoms with van der Waals surface area (Å²) in [5.41, 5.74) is 1.87. The van der Waals surface area contributed by atoms with E-state index >= 15 is 0 Å². The Morgan fingerprint density at radius 2 is 1.85 bits per heavy atom. The molecule has 0 N–H and O–H groups in total. The molecule has 0 amide bonds. The van der Waals surface area contributed by atoms with Crippen LogP contribution >= 0.6 is 0 Å². The molecule has 2 rings (SSSR count). The predicted molar refractivity (Wildman–Crippen MR) is 79.7 cm³/mol. The van der Waals surface area contributed by atoms with Gasteiger partial charge in [0.1, 0.15) is 11.5 Å². The second kappa shape index (κ2) is 6.57. The van der Waals surface area contributed by atoms with Crippen LogP contribution < -0.4 is 9.47 Å². The summed E-state index contributed by atoms with van der Waals surface area (Å²) >= 11 is 0. The fraction of sp³-hybridized carbons (Fsp3) is 0.118. The lowest BCUT2D eigenvalue weighted by Gasteiger charge is -2.05. The maximum Gasteiger partial charge on any atom is 0.308 e. The molecule has 0 aromatic heterocycles. The van der Waals surface area contributed by atoms with Gasteiger partial charge >= 0.3 is 5.97 Å². The van der Waals surface area contributed by atoms with Gasteiger partial charge in [-0.05, 0) is 23.8 Å². The van der Waals surface area contributed by atoms with Crippen LogP contribution in [0.4, 0.5) is 0 Å². The van der Waals surface area contributed by atoms with Gasteiger partial charge in [0.05, 0.1) is 7.11 Å². The summed E-state index contributed by atoms with van der Waals surface area (Å²) < 4.78 is 10.3. The van der Waals surface area contributed by atoms with Crippen LogP contribution in [0.3, 0.4) is 0 Å². The Balaban J connectivity index is 2.24. The van der Waals surface area contributed by atoms with E-state index < -0.39 is 0 Å². The first kappa shape index (κ1) is 13.9. The second-order valence-electron chi connectivity index (χ2n) is 4.24. The smallest absolute Gasteiger partial charge is 0.308 e. The van der Waals surface area contributed by atoms with Crippen molar-refractivity contribution >= 4 is 18.1 Å². The summed E-state index contributed by atoms with van der Waals surface area (Å²) in [7, 11) is 1.64. The zero-order chi connectivity index (χ0) is 14.4. The molecular formula is C17H16O3.